The highest BCUT2D eigenvalue weighted by Gasteiger charge is 2.14. The molecule has 3 aromatic rings. The van der Waals surface area contributed by atoms with Crippen molar-refractivity contribution in [3.63, 3.8) is 0 Å². The molecule has 4 nitrogen and oxygen atoms in total. The number of furan rings is 1. The summed E-state index contributed by atoms with van der Waals surface area (Å²) in [6, 6.07) is 12.8. The van der Waals surface area contributed by atoms with Gasteiger partial charge in [-0.3, -0.25) is 0 Å². The predicted octanol–water partition coefficient (Wildman–Crippen LogP) is 6.07. The Morgan fingerprint density at radius 3 is 2.54 bits per heavy atom. The van der Waals surface area contributed by atoms with Crippen molar-refractivity contribution < 1.29 is 23.1 Å². The summed E-state index contributed by atoms with van der Waals surface area (Å²) in [5.41, 5.74) is 1.12. The number of carbonyl (C=O) groups excluding carboxylic acids is 1. The molecule has 1 aromatic heterocycles. The van der Waals surface area contributed by atoms with Crippen LogP contribution in [-0.4, -0.2) is 12.6 Å². The Balaban J connectivity index is 1.76. The predicted molar refractivity (Wildman–Crippen MR) is 105 cm³/mol. The van der Waals surface area contributed by atoms with E-state index in [1.54, 1.807) is 49.4 Å². The summed E-state index contributed by atoms with van der Waals surface area (Å²) in [6.07, 6.45) is 0.346. The van der Waals surface area contributed by atoms with Crippen molar-refractivity contribution in [1.29, 1.82) is 0 Å². The normalized spacial score (nSPS) is 10.7. The Bertz CT molecular complexity index is 984. The lowest BCUT2D eigenvalue weighted by Gasteiger charge is -2.12. The Hall–Kier alpha value is -2.50. The van der Waals surface area contributed by atoms with Gasteiger partial charge < -0.3 is 13.9 Å². The zero-order valence-electron chi connectivity index (χ0n) is 15.0. The van der Waals surface area contributed by atoms with E-state index >= 15 is 0 Å². The summed E-state index contributed by atoms with van der Waals surface area (Å²) in [7, 11) is 0. The molecule has 28 heavy (non-hydrogen) atoms. The molecule has 0 amide bonds. The van der Waals surface area contributed by atoms with Crippen molar-refractivity contribution in [2.75, 3.05) is 6.61 Å². The van der Waals surface area contributed by atoms with Gasteiger partial charge in [0.05, 0.1) is 6.61 Å². The average molecular weight is 423 g/mol. The Morgan fingerprint density at radius 2 is 1.79 bits per heavy atom. The molecule has 0 spiro atoms. The molecule has 0 atom stereocenters. The van der Waals surface area contributed by atoms with Gasteiger partial charge >= 0.3 is 5.97 Å². The van der Waals surface area contributed by atoms with E-state index in [2.05, 4.69) is 0 Å². The first-order valence-electron chi connectivity index (χ1n) is 8.57. The fraction of sp³-hybridized carbons (Fsp3) is 0.190. The number of ether oxygens (including phenoxy) is 2. The average Bonchev–Trinajstić information content (AvgIpc) is 3.11. The van der Waals surface area contributed by atoms with Crippen LogP contribution in [0.2, 0.25) is 10.0 Å². The highest BCUT2D eigenvalue weighted by atomic mass is 35.5. The topological polar surface area (TPSA) is 48.7 Å². The highest BCUT2D eigenvalue weighted by molar-refractivity contribution is 6.30. The largest absolute Gasteiger partial charge is 0.488 e. The summed E-state index contributed by atoms with van der Waals surface area (Å²) < 4.78 is 30.2. The molecule has 0 radical (unpaired) electrons. The van der Waals surface area contributed by atoms with Gasteiger partial charge in [-0.05, 0) is 49.4 Å². The minimum Gasteiger partial charge on any atom is -0.488 e. The number of halogens is 3. The quantitative estimate of drug-likeness (QED) is 0.433. The summed E-state index contributed by atoms with van der Waals surface area (Å²) in [6.45, 7) is 2.02. The van der Waals surface area contributed by atoms with Crippen molar-refractivity contribution in [3.8, 4) is 5.75 Å². The molecule has 0 saturated carbocycles. The molecule has 1 heterocycles. The van der Waals surface area contributed by atoms with Gasteiger partial charge in [-0.2, -0.15) is 0 Å². The molecular formula is C21H17Cl2FO4. The maximum atomic E-state index is 14.0. The fourth-order valence-electron chi connectivity index (χ4n) is 2.59. The van der Waals surface area contributed by atoms with Gasteiger partial charge in [0.1, 0.15) is 23.9 Å². The van der Waals surface area contributed by atoms with Gasteiger partial charge in [-0.1, -0.05) is 29.3 Å². The third-order valence-corrected chi connectivity index (χ3v) is 4.39. The number of hydrogen-bond acceptors (Lipinski definition) is 4. The van der Waals surface area contributed by atoms with Crippen LogP contribution in [-0.2, 0) is 17.8 Å². The van der Waals surface area contributed by atoms with Crippen LogP contribution in [0.5, 0.6) is 5.75 Å². The summed E-state index contributed by atoms with van der Waals surface area (Å²) >= 11 is 11.9. The van der Waals surface area contributed by atoms with E-state index in [1.807, 2.05) is 0 Å². The number of carbonyl (C=O) groups is 1. The van der Waals surface area contributed by atoms with Gasteiger partial charge in [0.15, 0.2) is 0 Å². The molecular weight excluding hydrogens is 406 g/mol. The Kier molecular flexibility index (Phi) is 6.60. The van der Waals surface area contributed by atoms with Crippen molar-refractivity contribution in [2.45, 2.75) is 20.0 Å². The molecule has 0 unspecified atom stereocenters. The van der Waals surface area contributed by atoms with Gasteiger partial charge in [-0.25, -0.2) is 9.18 Å². The number of benzene rings is 2. The third kappa shape index (κ3) is 5.06. The Labute approximate surface area is 171 Å². The van der Waals surface area contributed by atoms with Crippen LogP contribution < -0.4 is 4.74 Å². The van der Waals surface area contributed by atoms with E-state index in [0.717, 1.165) is 5.56 Å². The summed E-state index contributed by atoms with van der Waals surface area (Å²) in [5, 5.41) is 0.848. The molecule has 2 aromatic carbocycles. The van der Waals surface area contributed by atoms with E-state index in [9.17, 15) is 9.18 Å². The summed E-state index contributed by atoms with van der Waals surface area (Å²) in [5.74, 6) is 0.257. The lowest BCUT2D eigenvalue weighted by atomic mass is 10.1. The van der Waals surface area contributed by atoms with Crippen molar-refractivity contribution in [1.82, 2.24) is 0 Å². The van der Waals surface area contributed by atoms with E-state index < -0.39 is 11.8 Å². The first kappa shape index (κ1) is 20.2. The van der Waals surface area contributed by atoms with Crippen LogP contribution in [0.3, 0.4) is 0 Å². The molecule has 146 valence electrons. The first-order valence-corrected chi connectivity index (χ1v) is 9.33. The van der Waals surface area contributed by atoms with Crippen LogP contribution >= 0.6 is 23.2 Å². The van der Waals surface area contributed by atoms with Crippen LogP contribution in [0.15, 0.2) is 52.9 Å². The first-order chi connectivity index (χ1) is 13.5. The van der Waals surface area contributed by atoms with E-state index in [0.29, 0.717) is 33.5 Å². The van der Waals surface area contributed by atoms with Crippen LogP contribution in [0.1, 0.15) is 34.4 Å². The zero-order valence-corrected chi connectivity index (χ0v) is 16.5. The Morgan fingerprint density at radius 1 is 1.04 bits per heavy atom. The van der Waals surface area contributed by atoms with Crippen molar-refractivity contribution >= 4 is 29.2 Å². The molecule has 0 N–H and O–H groups in total. The minimum absolute atomic E-state index is 0.0316. The third-order valence-electron chi connectivity index (χ3n) is 3.92. The van der Waals surface area contributed by atoms with Crippen LogP contribution in [0, 0.1) is 5.82 Å². The van der Waals surface area contributed by atoms with Crippen molar-refractivity contribution in [2.24, 2.45) is 0 Å². The second-order valence-electron chi connectivity index (χ2n) is 5.94. The fourth-order valence-corrected chi connectivity index (χ4v) is 2.95. The van der Waals surface area contributed by atoms with E-state index in [4.69, 9.17) is 37.1 Å². The lowest BCUT2D eigenvalue weighted by Crippen LogP contribution is -2.03. The van der Waals surface area contributed by atoms with Crippen molar-refractivity contribution in [3.05, 3.63) is 87.0 Å². The highest BCUT2D eigenvalue weighted by Crippen LogP contribution is 2.27. The van der Waals surface area contributed by atoms with E-state index in [-0.39, 0.29) is 19.0 Å². The molecule has 0 saturated heterocycles. The minimum atomic E-state index is -0.519. The number of hydrogen-bond donors (Lipinski definition) is 0. The zero-order chi connectivity index (χ0) is 20.1. The van der Waals surface area contributed by atoms with Gasteiger partial charge in [0, 0.05) is 27.6 Å². The molecule has 0 aliphatic carbocycles. The van der Waals surface area contributed by atoms with Gasteiger partial charge in [-0.15, -0.1) is 0 Å². The maximum Gasteiger partial charge on any atom is 0.374 e. The van der Waals surface area contributed by atoms with Gasteiger partial charge in [0.2, 0.25) is 5.76 Å². The molecule has 7 heteroatoms. The molecule has 3 rings (SSSR count). The molecule has 0 aliphatic heterocycles. The molecule has 0 bridgehead atoms. The second kappa shape index (κ2) is 9.13. The lowest BCUT2D eigenvalue weighted by molar-refractivity contribution is 0.0488. The van der Waals surface area contributed by atoms with Crippen LogP contribution in [0.4, 0.5) is 4.39 Å². The monoisotopic (exact) mass is 422 g/mol. The smallest absolute Gasteiger partial charge is 0.374 e. The van der Waals surface area contributed by atoms with E-state index in [1.165, 1.54) is 6.07 Å². The maximum absolute atomic E-state index is 14.0. The summed E-state index contributed by atoms with van der Waals surface area (Å²) in [4.78, 5) is 11.7. The second-order valence-corrected chi connectivity index (χ2v) is 6.81. The SMILES string of the molecule is CCOC(=O)c1ccc(Cc2cc(Cl)ccc2OCc2ccc(Cl)cc2F)o1. The van der Waals surface area contributed by atoms with Gasteiger partial charge in [0.25, 0.3) is 0 Å². The number of esters is 1. The molecule has 0 fully saturated rings. The molecule has 0 aliphatic rings. The standard InChI is InChI=1S/C21H17Cl2FO4/c1-2-26-21(25)20-8-6-17(28-20)10-14-9-15(22)5-7-19(14)27-12-13-3-4-16(23)11-18(13)24/h3-9,11H,2,10,12H2,1H3. The number of rotatable bonds is 7. The van der Waals surface area contributed by atoms with Crippen LogP contribution in [0.25, 0.3) is 0 Å².